The van der Waals surface area contributed by atoms with Gasteiger partial charge in [0.25, 0.3) is 0 Å². The highest BCUT2D eigenvalue weighted by Gasteiger charge is 2.18. The molecule has 0 bridgehead atoms. The van der Waals surface area contributed by atoms with Gasteiger partial charge >= 0.3 is 0 Å². The monoisotopic (exact) mass is 236 g/mol. The van der Waals surface area contributed by atoms with Gasteiger partial charge in [-0.15, -0.1) is 0 Å². The van der Waals surface area contributed by atoms with Crippen LogP contribution in [0.15, 0.2) is 0 Å². The first-order chi connectivity index (χ1) is 6.45. The van der Waals surface area contributed by atoms with Crippen molar-refractivity contribution in [1.82, 2.24) is 0 Å². The molecule has 0 aliphatic carbocycles. The third kappa shape index (κ3) is 10.4. The van der Waals surface area contributed by atoms with Crippen LogP contribution in [-0.2, 0) is 8.85 Å². The molecule has 14 heavy (non-hydrogen) atoms. The molecule has 3 nitrogen and oxygen atoms in total. The van der Waals surface area contributed by atoms with Gasteiger partial charge in [0.1, 0.15) is 0 Å². The fourth-order valence-electron chi connectivity index (χ4n) is 1.30. The molecule has 0 radical (unpaired) electrons. The number of aliphatic hydroxyl groups is 1. The summed E-state index contributed by atoms with van der Waals surface area (Å²) in [6, 6.07) is 1.18. The highest BCUT2D eigenvalue weighted by Crippen LogP contribution is 2.09. The lowest BCUT2D eigenvalue weighted by atomic mass is 10.5. The normalized spacial score (nSPS) is 14.4. The summed E-state index contributed by atoms with van der Waals surface area (Å²) in [6.07, 6.45) is 1.07. The summed E-state index contributed by atoms with van der Waals surface area (Å²) in [5.74, 6) is 0. The van der Waals surface area contributed by atoms with Crippen LogP contribution in [0.2, 0.25) is 32.2 Å². The molecule has 1 unspecified atom stereocenters. The van der Waals surface area contributed by atoms with E-state index in [2.05, 4.69) is 26.2 Å². The zero-order chi connectivity index (χ0) is 11.0. The molecule has 86 valence electrons. The number of rotatable bonds is 8. The summed E-state index contributed by atoms with van der Waals surface area (Å²) < 4.78 is 11.2. The van der Waals surface area contributed by atoms with Gasteiger partial charge in [-0.3, -0.25) is 0 Å². The second kappa shape index (κ2) is 7.59. The second-order valence-electron chi connectivity index (χ2n) is 4.52. The third-order valence-electron chi connectivity index (χ3n) is 1.69. The Balaban J connectivity index is 3.31. The van der Waals surface area contributed by atoms with Gasteiger partial charge in [0.05, 0.1) is 13.2 Å². The van der Waals surface area contributed by atoms with Gasteiger partial charge in [-0.1, -0.05) is 0 Å². The van der Waals surface area contributed by atoms with Crippen molar-refractivity contribution >= 4 is 17.4 Å². The molecule has 0 aliphatic heterocycles. The Morgan fingerprint density at radius 2 is 1.86 bits per heavy atom. The van der Waals surface area contributed by atoms with Crippen LogP contribution in [0.5, 0.6) is 0 Å². The maximum Gasteiger partial charge on any atom is 0.170 e. The molecule has 0 aliphatic rings. The fraction of sp³-hybridized carbons (Fsp3) is 1.00. The summed E-state index contributed by atoms with van der Waals surface area (Å²) in [6.45, 7) is 10.3. The zero-order valence-corrected chi connectivity index (χ0v) is 12.0. The summed E-state index contributed by atoms with van der Waals surface area (Å²) in [5.41, 5.74) is 0. The van der Waals surface area contributed by atoms with Crippen LogP contribution in [0.4, 0.5) is 0 Å². The molecule has 1 N–H and O–H groups in total. The molecule has 1 atom stereocenters. The van der Waals surface area contributed by atoms with Gasteiger partial charge in [-0.2, -0.15) is 0 Å². The topological polar surface area (TPSA) is 38.7 Å². The van der Waals surface area contributed by atoms with Crippen LogP contribution in [0.3, 0.4) is 0 Å². The molecule has 0 saturated carbocycles. The van der Waals surface area contributed by atoms with Crippen molar-refractivity contribution in [2.45, 2.75) is 38.7 Å². The average molecular weight is 236 g/mol. The molecule has 0 aromatic rings. The second-order valence-corrected chi connectivity index (χ2v) is 11.9. The summed E-state index contributed by atoms with van der Waals surface area (Å²) in [5, 5.41) is 8.49. The van der Waals surface area contributed by atoms with Gasteiger partial charge < -0.3 is 14.0 Å². The number of aliphatic hydroxyl groups excluding tert-OH is 1. The maximum atomic E-state index is 8.49. The van der Waals surface area contributed by atoms with Crippen LogP contribution in [-0.4, -0.2) is 42.3 Å². The van der Waals surface area contributed by atoms with E-state index >= 15 is 0 Å². The smallest absolute Gasteiger partial charge is 0.170 e. The van der Waals surface area contributed by atoms with Gasteiger partial charge in [-0.05, 0) is 38.7 Å². The first kappa shape index (κ1) is 14.3. The SMILES string of the molecule is C[SiH](CCCOCCO)O[Si](C)(C)C. The molecule has 0 aromatic carbocycles. The van der Waals surface area contributed by atoms with Crippen molar-refractivity contribution in [2.75, 3.05) is 19.8 Å². The predicted molar refractivity (Wildman–Crippen MR) is 64.8 cm³/mol. The van der Waals surface area contributed by atoms with E-state index in [4.69, 9.17) is 14.0 Å². The minimum absolute atomic E-state index is 0.123. The van der Waals surface area contributed by atoms with E-state index in [1.165, 1.54) is 6.04 Å². The molecular formula is C9H24O3Si2. The highest BCUT2D eigenvalue weighted by atomic mass is 28.4. The van der Waals surface area contributed by atoms with E-state index in [1.807, 2.05) is 0 Å². The van der Waals surface area contributed by atoms with Crippen LogP contribution in [0, 0.1) is 0 Å². The van der Waals surface area contributed by atoms with Gasteiger partial charge in [-0.25, -0.2) is 0 Å². The Hall–Kier alpha value is 0.314. The lowest BCUT2D eigenvalue weighted by Crippen LogP contribution is -2.33. The molecule has 0 heterocycles. The van der Waals surface area contributed by atoms with E-state index in [9.17, 15) is 0 Å². The lowest BCUT2D eigenvalue weighted by molar-refractivity contribution is 0.0925. The average Bonchev–Trinajstić information content (AvgIpc) is 2.00. The molecule has 0 fully saturated rings. The van der Waals surface area contributed by atoms with E-state index < -0.39 is 17.4 Å². The molecule has 0 aromatic heterocycles. The number of ether oxygens (including phenoxy) is 1. The Morgan fingerprint density at radius 1 is 1.21 bits per heavy atom. The van der Waals surface area contributed by atoms with Gasteiger partial charge in [0, 0.05) is 6.61 Å². The first-order valence-electron chi connectivity index (χ1n) is 5.32. The van der Waals surface area contributed by atoms with Crippen molar-refractivity contribution < 1.29 is 14.0 Å². The van der Waals surface area contributed by atoms with Crippen LogP contribution >= 0.6 is 0 Å². The molecular weight excluding hydrogens is 212 g/mol. The largest absolute Gasteiger partial charge is 0.458 e. The van der Waals surface area contributed by atoms with Crippen molar-refractivity contribution in [1.29, 1.82) is 0 Å². The Kier molecular flexibility index (Phi) is 7.76. The van der Waals surface area contributed by atoms with E-state index in [-0.39, 0.29) is 6.61 Å². The minimum atomic E-state index is -1.31. The quantitative estimate of drug-likeness (QED) is 0.514. The predicted octanol–water partition coefficient (Wildman–Crippen LogP) is 1.59. The lowest BCUT2D eigenvalue weighted by Gasteiger charge is -2.22. The fourth-order valence-corrected chi connectivity index (χ4v) is 7.34. The maximum absolute atomic E-state index is 8.49. The first-order valence-corrected chi connectivity index (χ1v) is 11.2. The molecule has 0 rings (SSSR count). The molecule has 0 spiro atoms. The third-order valence-corrected chi connectivity index (χ3v) is 7.35. The van der Waals surface area contributed by atoms with E-state index in [1.54, 1.807) is 0 Å². The van der Waals surface area contributed by atoms with Crippen molar-refractivity contribution in [3.63, 3.8) is 0 Å². The van der Waals surface area contributed by atoms with E-state index in [0.29, 0.717) is 6.61 Å². The van der Waals surface area contributed by atoms with Crippen LogP contribution < -0.4 is 0 Å². The van der Waals surface area contributed by atoms with Crippen molar-refractivity contribution in [2.24, 2.45) is 0 Å². The Morgan fingerprint density at radius 3 is 2.36 bits per heavy atom. The summed E-state index contributed by atoms with van der Waals surface area (Å²) >= 11 is 0. The van der Waals surface area contributed by atoms with Gasteiger partial charge in [0.2, 0.25) is 0 Å². The van der Waals surface area contributed by atoms with Crippen LogP contribution in [0.1, 0.15) is 6.42 Å². The van der Waals surface area contributed by atoms with Crippen molar-refractivity contribution in [3.05, 3.63) is 0 Å². The number of hydrogen-bond donors (Lipinski definition) is 1. The molecule has 0 saturated heterocycles. The number of hydrogen-bond acceptors (Lipinski definition) is 3. The Labute approximate surface area is 90.3 Å². The summed E-state index contributed by atoms with van der Waals surface area (Å²) in [7, 11) is -2.27. The van der Waals surface area contributed by atoms with Crippen LogP contribution in [0.25, 0.3) is 0 Å². The van der Waals surface area contributed by atoms with E-state index in [0.717, 1.165) is 13.0 Å². The highest BCUT2D eigenvalue weighted by molar-refractivity contribution is 6.77. The zero-order valence-electron chi connectivity index (χ0n) is 9.88. The summed E-state index contributed by atoms with van der Waals surface area (Å²) in [4.78, 5) is 0. The standard InChI is InChI=1S/C9H24O3Si2/c1-13(12-14(2,3)4)9-5-7-11-8-6-10/h10,13H,5-9H2,1-4H3. The minimum Gasteiger partial charge on any atom is -0.458 e. The molecule has 5 heteroatoms. The van der Waals surface area contributed by atoms with Gasteiger partial charge in [0.15, 0.2) is 17.4 Å². The Bertz CT molecular complexity index is 137. The molecule has 0 amide bonds. The van der Waals surface area contributed by atoms with Crippen molar-refractivity contribution in [3.8, 4) is 0 Å².